The van der Waals surface area contributed by atoms with Gasteiger partial charge in [-0.1, -0.05) is 0 Å². The molecular formula is C17H20ClN3O5. The van der Waals surface area contributed by atoms with E-state index in [-0.39, 0.29) is 36.4 Å². The first kappa shape index (κ1) is 19.9. The number of imide groups is 2. The Kier molecular flexibility index (Phi) is 6.33. The molecule has 9 heteroatoms. The number of hydrogen-bond donors (Lipinski definition) is 2. The average molecular weight is 382 g/mol. The summed E-state index contributed by atoms with van der Waals surface area (Å²) in [5.41, 5.74) is 0.470. The summed E-state index contributed by atoms with van der Waals surface area (Å²) >= 11 is 0. The highest BCUT2D eigenvalue weighted by Crippen LogP contribution is 2.30. The van der Waals surface area contributed by atoms with E-state index in [1.807, 2.05) is 7.05 Å². The second kappa shape index (κ2) is 8.29. The molecule has 1 aromatic carbocycles. The molecule has 140 valence electrons. The van der Waals surface area contributed by atoms with E-state index in [9.17, 15) is 19.2 Å². The van der Waals surface area contributed by atoms with Gasteiger partial charge >= 0.3 is 0 Å². The van der Waals surface area contributed by atoms with E-state index in [1.54, 1.807) is 6.07 Å². The molecule has 1 aromatic rings. The molecule has 0 spiro atoms. The average Bonchev–Trinajstić information content (AvgIpc) is 2.83. The van der Waals surface area contributed by atoms with E-state index in [0.29, 0.717) is 12.4 Å². The molecule has 0 saturated carbocycles. The maximum absolute atomic E-state index is 12.6. The van der Waals surface area contributed by atoms with Gasteiger partial charge in [-0.15, -0.1) is 12.4 Å². The molecule has 26 heavy (non-hydrogen) atoms. The molecule has 4 amide bonds. The maximum Gasteiger partial charge on any atom is 0.262 e. The van der Waals surface area contributed by atoms with Crippen molar-refractivity contribution in [2.75, 3.05) is 20.2 Å². The Bertz CT molecular complexity index is 752. The van der Waals surface area contributed by atoms with Crippen LogP contribution in [-0.4, -0.2) is 54.8 Å². The molecule has 2 heterocycles. The Labute approximate surface area is 156 Å². The summed E-state index contributed by atoms with van der Waals surface area (Å²) in [6, 6.07) is 3.75. The first-order valence-electron chi connectivity index (χ1n) is 8.16. The van der Waals surface area contributed by atoms with Crippen LogP contribution in [0.15, 0.2) is 18.2 Å². The standard InChI is InChI=1S/C17H19N3O5.ClH/c1-18-7-2-8-25-10-3-4-11-12(9-10)17(24)20(16(11)23)13-5-6-14(21)19-15(13)22;/h3-4,9,13,18H,2,5-8H2,1H3,(H,19,21,22);1H. The quantitative estimate of drug-likeness (QED) is 0.549. The summed E-state index contributed by atoms with van der Waals surface area (Å²) < 4.78 is 5.59. The van der Waals surface area contributed by atoms with E-state index in [0.717, 1.165) is 17.9 Å². The summed E-state index contributed by atoms with van der Waals surface area (Å²) in [7, 11) is 1.85. The van der Waals surface area contributed by atoms with Crippen molar-refractivity contribution >= 4 is 36.0 Å². The molecule has 0 aliphatic carbocycles. The molecule has 1 atom stereocenters. The SMILES string of the molecule is CNCCCOc1ccc2c(c1)C(=O)N(C1CCC(=O)NC1=O)C2=O.Cl. The molecule has 2 N–H and O–H groups in total. The number of fused-ring (bicyclic) bond motifs is 1. The summed E-state index contributed by atoms with van der Waals surface area (Å²) in [6.45, 7) is 1.30. The molecule has 0 bridgehead atoms. The molecule has 2 aliphatic rings. The Balaban J connectivity index is 0.00000243. The van der Waals surface area contributed by atoms with Gasteiger partial charge < -0.3 is 10.1 Å². The number of carbonyl (C=O) groups is 4. The zero-order valence-electron chi connectivity index (χ0n) is 14.2. The van der Waals surface area contributed by atoms with Crippen molar-refractivity contribution in [1.82, 2.24) is 15.5 Å². The van der Waals surface area contributed by atoms with Crippen molar-refractivity contribution < 1.29 is 23.9 Å². The molecule has 8 nitrogen and oxygen atoms in total. The van der Waals surface area contributed by atoms with Crippen LogP contribution in [0.5, 0.6) is 5.75 Å². The summed E-state index contributed by atoms with van der Waals surface area (Å²) in [6.07, 6.45) is 1.05. The first-order valence-corrected chi connectivity index (χ1v) is 8.16. The van der Waals surface area contributed by atoms with E-state index in [2.05, 4.69) is 10.6 Å². The van der Waals surface area contributed by atoms with Crippen LogP contribution in [0.1, 0.15) is 40.0 Å². The van der Waals surface area contributed by atoms with Crippen molar-refractivity contribution in [3.8, 4) is 5.75 Å². The fourth-order valence-electron chi connectivity index (χ4n) is 2.98. The lowest BCUT2D eigenvalue weighted by Crippen LogP contribution is -2.54. The lowest BCUT2D eigenvalue weighted by atomic mass is 10.0. The number of nitrogens with one attached hydrogen (secondary N) is 2. The highest BCUT2D eigenvalue weighted by molar-refractivity contribution is 6.23. The number of rotatable bonds is 6. The largest absolute Gasteiger partial charge is 0.494 e. The van der Waals surface area contributed by atoms with Crippen molar-refractivity contribution in [2.45, 2.75) is 25.3 Å². The highest BCUT2D eigenvalue weighted by Gasteiger charge is 2.44. The van der Waals surface area contributed by atoms with Crippen molar-refractivity contribution in [1.29, 1.82) is 0 Å². The number of carbonyl (C=O) groups excluding carboxylic acids is 4. The Morgan fingerprint density at radius 3 is 2.62 bits per heavy atom. The second-order valence-electron chi connectivity index (χ2n) is 5.96. The summed E-state index contributed by atoms with van der Waals surface area (Å²) in [5.74, 6) is -1.56. The van der Waals surface area contributed by atoms with Gasteiger partial charge in [0.25, 0.3) is 11.8 Å². The van der Waals surface area contributed by atoms with E-state index in [1.165, 1.54) is 12.1 Å². The first-order chi connectivity index (χ1) is 12.0. The highest BCUT2D eigenvalue weighted by atomic mass is 35.5. The van der Waals surface area contributed by atoms with Crippen molar-refractivity contribution in [3.63, 3.8) is 0 Å². The Hall–Kier alpha value is -2.45. The fraction of sp³-hybridized carbons (Fsp3) is 0.412. The number of nitrogens with zero attached hydrogens (tertiary/aromatic N) is 1. The second-order valence-corrected chi connectivity index (χ2v) is 5.96. The minimum Gasteiger partial charge on any atom is -0.494 e. The van der Waals surface area contributed by atoms with Crippen molar-refractivity contribution in [2.24, 2.45) is 0 Å². The molecule has 0 radical (unpaired) electrons. The zero-order chi connectivity index (χ0) is 18.0. The minimum atomic E-state index is -0.954. The molecule has 2 aliphatic heterocycles. The number of piperidine rings is 1. The Morgan fingerprint density at radius 1 is 1.19 bits per heavy atom. The predicted molar refractivity (Wildman–Crippen MR) is 94.4 cm³/mol. The molecule has 1 fully saturated rings. The number of halogens is 1. The van der Waals surface area contributed by atoms with E-state index in [4.69, 9.17) is 4.74 Å². The minimum absolute atomic E-state index is 0. The van der Waals surface area contributed by atoms with Gasteiger partial charge in [0.15, 0.2) is 0 Å². The third-order valence-electron chi connectivity index (χ3n) is 4.25. The number of amides is 4. The van der Waals surface area contributed by atoms with E-state index < -0.39 is 29.7 Å². The fourth-order valence-corrected chi connectivity index (χ4v) is 2.98. The third-order valence-corrected chi connectivity index (χ3v) is 4.25. The lowest BCUT2D eigenvalue weighted by Gasteiger charge is -2.27. The summed E-state index contributed by atoms with van der Waals surface area (Å²) in [5, 5.41) is 5.18. The van der Waals surface area contributed by atoms with Crippen LogP contribution in [0.4, 0.5) is 0 Å². The zero-order valence-corrected chi connectivity index (χ0v) is 15.1. The van der Waals surface area contributed by atoms with Crippen LogP contribution in [0.3, 0.4) is 0 Å². The topological polar surface area (TPSA) is 105 Å². The van der Waals surface area contributed by atoms with Crippen LogP contribution in [0.2, 0.25) is 0 Å². The van der Waals surface area contributed by atoms with Crippen LogP contribution in [0.25, 0.3) is 0 Å². The smallest absolute Gasteiger partial charge is 0.262 e. The predicted octanol–water partition coefficient (Wildman–Crippen LogP) is 0.498. The van der Waals surface area contributed by atoms with Gasteiger partial charge in [0.2, 0.25) is 11.8 Å². The number of benzene rings is 1. The molecule has 1 saturated heterocycles. The molecule has 1 unspecified atom stereocenters. The van der Waals surface area contributed by atoms with Gasteiger partial charge in [-0.05, 0) is 44.6 Å². The molecule has 0 aromatic heterocycles. The van der Waals surface area contributed by atoms with Gasteiger partial charge in [0.1, 0.15) is 11.8 Å². The van der Waals surface area contributed by atoms with Crippen LogP contribution in [-0.2, 0) is 9.59 Å². The van der Waals surface area contributed by atoms with Crippen LogP contribution < -0.4 is 15.4 Å². The maximum atomic E-state index is 12.6. The van der Waals surface area contributed by atoms with Gasteiger partial charge in [0.05, 0.1) is 17.7 Å². The van der Waals surface area contributed by atoms with Gasteiger partial charge in [-0.2, -0.15) is 0 Å². The van der Waals surface area contributed by atoms with E-state index >= 15 is 0 Å². The van der Waals surface area contributed by atoms with Gasteiger partial charge in [-0.25, -0.2) is 0 Å². The molecule has 3 rings (SSSR count). The van der Waals surface area contributed by atoms with Crippen molar-refractivity contribution in [3.05, 3.63) is 29.3 Å². The summed E-state index contributed by atoms with van der Waals surface area (Å²) in [4.78, 5) is 49.4. The number of ether oxygens (including phenoxy) is 1. The number of hydrogen-bond acceptors (Lipinski definition) is 6. The normalized spacial score (nSPS) is 19.1. The Morgan fingerprint density at radius 2 is 1.92 bits per heavy atom. The lowest BCUT2D eigenvalue weighted by molar-refractivity contribution is -0.136. The third kappa shape index (κ3) is 3.71. The van der Waals surface area contributed by atoms with Gasteiger partial charge in [0, 0.05) is 6.42 Å². The van der Waals surface area contributed by atoms with Crippen LogP contribution >= 0.6 is 12.4 Å². The van der Waals surface area contributed by atoms with Gasteiger partial charge in [-0.3, -0.25) is 29.4 Å². The monoisotopic (exact) mass is 381 g/mol. The molecular weight excluding hydrogens is 362 g/mol. The van der Waals surface area contributed by atoms with Crippen LogP contribution in [0, 0.1) is 0 Å².